The van der Waals surface area contributed by atoms with Crippen molar-refractivity contribution in [3.8, 4) is 0 Å². The van der Waals surface area contributed by atoms with Gasteiger partial charge in [-0.3, -0.25) is 30.0 Å². The van der Waals surface area contributed by atoms with Gasteiger partial charge in [0.2, 0.25) is 10.0 Å². The molecule has 0 aliphatic carbocycles. The molecule has 0 aromatic heterocycles. The summed E-state index contributed by atoms with van der Waals surface area (Å²) in [6.07, 6.45) is -0.312. The van der Waals surface area contributed by atoms with Gasteiger partial charge in [-0.25, -0.2) is 13.2 Å². The number of amides is 1. The van der Waals surface area contributed by atoms with Crippen LogP contribution in [-0.4, -0.2) is 97.9 Å². The molecule has 50 heavy (non-hydrogen) atoms. The lowest BCUT2D eigenvalue weighted by molar-refractivity contribution is -0.138. The van der Waals surface area contributed by atoms with Crippen molar-refractivity contribution >= 4 is 38.3 Å². The highest BCUT2D eigenvalue weighted by Crippen LogP contribution is 2.35. The molecule has 282 valence electrons. The minimum atomic E-state index is -4.67. The third kappa shape index (κ3) is 15.1. The van der Waals surface area contributed by atoms with E-state index in [1.54, 1.807) is 28.6 Å². The fourth-order valence-electron chi connectivity index (χ4n) is 4.84. The first-order valence-electron chi connectivity index (χ1n) is 16.0. The van der Waals surface area contributed by atoms with Crippen molar-refractivity contribution in [2.24, 2.45) is 0 Å². The minimum Gasteiger partial charge on any atom is -0.480 e. The Balaban J connectivity index is 0.000000640. The second kappa shape index (κ2) is 20.3. The molecule has 0 radical (unpaired) electrons. The van der Waals surface area contributed by atoms with Crippen LogP contribution in [0.5, 0.6) is 0 Å². The molecule has 8 N–H and O–H groups in total. The number of sulfonamides is 1. The molecule has 1 aliphatic rings. The van der Waals surface area contributed by atoms with Gasteiger partial charge >= 0.3 is 22.5 Å². The second-order valence-electron chi connectivity index (χ2n) is 12.3. The SMILES string of the molecule is CC(C)c1cc(C(C)C)c(S(=O)(=O)N[C@@H](Cc2cccc(C(=N)NO)c2)C(=O)O)c(C(C)C)c1.CCOC(=O)N1CCNCC1.O=S(=O)(O)O. The Morgan fingerprint density at radius 2 is 1.46 bits per heavy atom. The Hall–Kier alpha value is -3.65. The van der Waals surface area contributed by atoms with Crippen LogP contribution in [0, 0.1) is 5.41 Å². The molecule has 1 saturated heterocycles. The van der Waals surface area contributed by atoms with Gasteiger partial charge in [0.25, 0.3) is 0 Å². The Kier molecular flexibility index (Phi) is 18.0. The summed E-state index contributed by atoms with van der Waals surface area (Å²) in [5.41, 5.74) is 4.97. The van der Waals surface area contributed by atoms with Crippen LogP contribution in [0.4, 0.5) is 4.79 Å². The summed E-state index contributed by atoms with van der Waals surface area (Å²) >= 11 is 0. The zero-order valence-electron chi connectivity index (χ0n) is 29.4. The molecule has 1 aliphatic heterocycles. The van der Waals surface area contributed by atoms with Gasteiger partial charge in [0.05, 0.1) is 11.5 Å². The first kappa shape index (κ1) is 44.4. The average molecular weight is 746 g/mol. The number of nitrogens with one attached hydrogen (secondary N) is 4. The number of carboxylic acids is 1. The number of carbonyl (C=O) groups is 2. The monoisotopic (exact) mass is 745 g/mol. The van der Waals surface area contributed by atoms with Gasteiger partial charge in [0.15, 0.2) is 0 Å². The van der Waals surface area contributed by atoms with Gasteiger partial charge in [0.1, 0.15) is 11.9 Å². The number of piperazine rings is 1. The molecule has 0 unspecified atom stereocenters. The summed E-state index contributed by atoms with van der Waals surface area (Å²) in [5, 5.41) is 29.6. The Labute approximate surface area is 294 Å². The van der Waals surface area contributed by atoms with E-state index in [4.69, 9.17) is 32.9 Å². The normalized spacial score (nSPS) is 13.9. The first-order valence-corrected chi connectivity index (χ1v) is 18.8. The lowest BCUT2D eigenvalue weighted by Gasteiger charge is -2.26. The van der Waals surface area contributed by atoms with E-state index in [1.165, 1.54) is 6.07 Å². The number of carboxylic acid groups (broad SMARTS) is 1. The standard InChI is InChI=1S/C25H35N3O5S.C7H14N2O2.H2O4S/c1-14(2)19-12-20(15(3)4)23(21(13-19)16(5)6)34(32,33)28-22(25(29)30)11-17-8-7-9-18(10-17)24(26)27-31;1-2-11-7(10)9-5-3-8-4-6-9;1-5(2,3)4/h7-10,12-16,22,28,31H,11H2,1-6H3,(H2,26,27)(H,29,30);8H,2-6H2,1H3;(H2,1,2,3,4)/t22-;;/m0../s1. The average Bonchev–Trinajstić information content (AvgIpc) is 3.03. The number of aliphatic carboxylic acids is 1. The zero-order chi connectivity index (χ0) is 38.4. The van der Waals surface area contributed by atoms with Crippen molar-refractivity contribution in [3.05, 3.63) is 64.2 Å². The molecule has 18 heteroatoms. The number of amidine groups is 1. The third-order valence-electron chi connectivity index (χ3n) is 7.35. The molecule has 3 rings (SSSR count). The van der Waals surface area contributed by atoms with Crippen molar-refractivity contribution < 1.29 is 50.6 Å². The van der Waals surface area contributed by atoms with Gasteiger partial charge in [0, 0.05) is 31.7 Å². The van der Waals surface area contributed by atoms with E-state index in [0.29, 0.717) is 28.9 Å². The van der Waals surface area contributed by atoms with Crippen LogP contribution in [-0.2, 0) is 36.4 Å². The van der Waals surface area contributed by atoms with E-state index in [2.05, 4.69) is 23.9 Å². The summed E-state index contributed by atoms with van der Waals surface area (Å²) in [5.74, 6) is -1.51. The van der Waals surface area contributed by atoms with Crippen LogP contribution >= 0.6 is 0 Å². The van der Waals surface area contributed by atoms with Crippen LogP contribution in [0.1, 0.15) is 94.0 Å². The Bertz CT molecular complexity index is 1620. The molecule has 1 amide bonds. The number of hydrogen-bond donors (Lipinski definition) is 8. The Morgan fingerprint density at radius 1 is 0.940 bits per heavy atom. The highest BCUT2D eigenvalue weighted by atomic mass is 32.3. The molecule has 2 aromatic carbocycles. The molecule has 1 fully saturated rings. The fourth-order valence-corrected chi connectivity index (χ4v) is 6.73. The fraction of sp³-hybridized carbons (Fsp3) is 0.531. The van der Waals surface area contributed by atoms with E-state index in [-0.39, 0.29) is 41.0 Å². The predicted octanol–water partition coefficient (Wildman–Crippen LogP) is 3.73. The number of rotatable bonds is 11. The van der Waals surface area contributed by atoms with E-state index < -0.39 is 32.4 Å². The summed E-state index contributed by atoms with van der Waals surface area (Å²) in [7, 11) is -8.84. The largest absolute Gasteiger partial charge is 0.480 e. The van der Waals surface area contributed by atoms with Crippen LogP contribution in [0.25, 0.3) is 0 Å². The Morgan fingerprint density at radius 3 is 1.88 bits per heavy atom. The van der Waals surface area contributed by atoms with Gasteiger partial charge in [-0.2, -0.15) is 13.1 Å². The molecular formula is C32H51N5O11S2. The van der Waals surface area contributed by atoms with E-state index in [1.807, 2.05) is 46.8 Å². The lowest BCUT2D eigenvalue weighted by atomic mass is 9.89. The first-order chi connectivity index (χ1) is 23.1. The van der Waals surface area contributed by atoms with Crippen LogP contribution < -0.4 is 15.5 Å². The summed E-state index contributed by atoms with van der Waals surface area (Å²) in [4.78, 5) is 25.0. The van der Waals surface area contributed by atoms with Gasteiger partial charge in [-0.15, -0.1) is 0 Å². The maximum absolute atomic E-state index is 13.6. The summed E-state index contributed by atoms with van der Waals surface area (Å²) in [6.45, 7) is 17.4. The lowest BCUT2D eigenvalue weighted by Crippen LogP contribution is -2.46. The van der Waals surface area contributed by atoms with Crippen LogP contribution in [0.3, 0.4) is 0 Å². The second-order valence-corrected chi connectivity index (χ2v) is 14.8. The van der Waals surface area contributed by atoms with Gasteiger partial charge < -0.3 is 20.1 Å². The van der Waals surface area contributed by atoms with Crippen molar-refractivity contribution in [3.63, 3.8) is 0 Å². The third-order valence-corrected chi connectivity index (χ3v) is 8.96. The quantitative estimate of drug-likeness (QED) is 0.0707. The molecular weight excluding hydrogens is 695 g/mol. The van der Waals surface area contributed by atoms with Crippen LogP contribution in [0.15, 0.2) is 41.3 Å². The number of carbonyl (C=O) groups excluding carboxylic acids is 1. The number of hydrogen-bond acceptors (Lipinski definition) is 10. The van der Waals surface area contributed by atoms with Crippen molar-refractivity contribution in [1.82, 2.24) is 20.4 Å². The summed E-state index contributed by atoms with van der Waals surface area (Å²) < 4.78 is 66.1. The minimum absolute atomic E-state index is 0.0836. The predicted molar refractivity (Wildman–Crippen MR) is 188 cm³/mol. The highest BCUT2D eigenvalue weighted by molar-refractivity contribution is 7.89. The molecule has 2 aromatic rings. The molecule has 0 bridgehead atoms. The maximum Gasteiger partial charge on any atom is 0.409 e. The molecule has 0 saturated carbocycles. The number of ether oxygens (including phenoxy) is 1. The smallest absolute Gasteiger partial charge is 0.409 e. The number of hydroxylamine groups is 1. The molecule has 1 atom stereocenters. The topological polar surface area (TPSA) is 256 Å². The van der Waals surface area contributed by atoms with E-state index >= 15 is 0 Å². The summed E-state index contributed by atoms with van der Waals surface area (Å²) in [6, 6.07) is 8.77. The number of benzene rings is 2. The maximum atomic E-state index is 13.6. The molecule has 0 spiro atoms. The number of nitrogens with zero attached hydrogens (tertiary/aromatic N) is 1. The van der Waals surface area contributed by atoms with Crippen molar-refractivity contribution in [1.29, 1.82) is 5.41 Å². The molecule has 16 nitrogen and oxygen atoms in total. The van der Waals surface area contributed by atoms with Gasteiger partial charge in [-0.1, -0.05) is 71.9 Å². The van der Waals surface area contributed by atoms with Crippen molar-refractivity contribution in [2.45, 2.75) is 83.6 Å². The highest BCUT2D eigenvalue weighted by Gasteiger charge is 2.31. The van der Waals surface area contributed by atoms with Crippen molar-refractivity contribution in [2.75, 3.05) is 32.8 Å². The van der Waals surface area contributed by atoms with E-state index in [0.717, 1.165) is 31.7 Å². The van der Waals surface area contributed by atoms with E-state index in [9.17, 15) is 23.1 Å². The molecule has 1 heterocycles. The van der Waals surface area contributed by atoms with Crippen LogP contribution in [0.2, 0.25) is 0 Å². The zero-order valence-corrected chi connectivity index (χ0v) is 31.1. The van der Waals surface area contributed by atoms with Gasteiger partial charge in [-0.05, 0) is 59.4 Å².